The first kappa shape index (κ1) is 23.9. The molecular weight excluding hydrogens is 469 g/mol. The summed E-state index contributed by atoms with van der Waals surface area (Å²) in [4.78, 5) is 22.8. The second-order valence-corrected chi connectivity index (χ2v) is 6.36. The van der Waals surface area contributed by atoms with Crippen LogP contribution in [0.4, 0.5) is 0 Å². The molecule has 0 bridgehead atoms. The standard InChI is InChI=1S/C20H29N5O2.HI/c1-5-21-20(23-13-18-24-15(2)16(3)27-18)22-12-11-19(26)25(4)14-17-9-7-6-8-10-17;/h6-10H,5,11-14H2,1-4H3,(H2,21,22,23);1H. The summed E-state index contributed by atoms with van der Waals surface area (Å²) in [7, 11) is 1.82. The summed E-state index contributed by atoms with van der Waals surface area (Å²) in [6.45, 7) is 7.99. The fraction of sp³-hybridized carbons (Fsp3) is 0.450. The number of hydrogen-bond acceptors (Lipinski definition) is 4. The maximum atomic E-state index is 12.3. The van der Waals surface area contributed by atoms with Crippen molar-refractivity contribution in [3.05, 3.63) is 53.2 Å². The smallest absolute Gasteiger partial charge is 0.224 e. The number of aryl methyl sites for hydroxylation is 2. The first-order chi connectivity index (χ1) is 13.0. The summed E-state index contributed by atoms with van der Waals surface area (Å²) in [5.74, 6) is 2.12. The number of guanidine groups is 1. The number of aliphatic imine (C=N–C) groups is 1. The molecule has 1 aromatic carbocycles. The molecule has 1 amide bonds. The number of amides is 1. The Morgan fingerprint density at radius 1 is 1.21 bits per heavy atom. The molecular formula is C20H30IN5O2. The minimum Gasteiger partial charge on any atom is -0.444 e. The fourth-order valence-electron chi connectivity index (χ4n) is 2.52. The Kier molecular flexibility index (Phi) is 10.6. The van der Waals surface area contributed by atoms with Gasteiger partial charge in [0.15, 0.2) is 5.96 Å². The molecule has 0 radical (unpaired) electrons. The lowest BCUT2D eigenvalue weighted by Gasteiger charge is -2.18. The predicted octanol–water partition coefficient (Wildman–Crippen LogP) is 3.01. The molecule has 0 spiro atoms. The molecule has 7 nitrogen and oxygen atoms in total. The molecule has 0 saturated carbocycles. The molecule has 0 atom stereocenters. The van der Waals surface area contributed by atoms with E-state index in [2.05, 4.69) is 20.6 Å². The van der Waals surface area contributed by atoms with Gasteiger partial charge in [-0.25, -0.2) is 9.98 Å². The normalized spacial score (nSPS) is 10.9. The first-order valence-corrected chi connectivity index (χ1v) is 9.22. The molecule has 1 aromatic heterocycles. The van der Waals surface area contributed by atoms with Gasteiger partial charge >= 0.3 is 0 Å². The van der Waals surface area contributed by atoms with Crippen molar-refractivity contribution in [3.8, 4) is 0 Å². The van der Waals surface area contributed by atoms with Crippen LogP contribution in [0.3, 0.4) is 0 Å². The monoisotopic (exact) mass is 499 g/mol. The number of nitrogens with one attached hydrogen (secondary N) is 2. The minimum atomic E-state index is 0. The summed E-state index contributed by atoms with van der Waals surface area (Å²) in [6.07, 6.45) is 0.394. The van der Waals surface area contributed by atoms with Crippen LogP contribution in [0.25, 0.3) is 0 Å². The van der Waals surface area contributed by atoms with Gasteiger partial charge in [-0.05, 0) is 26.3 Å². The third-order valence-electron chi connectivity index (χ3n) is 4.11. The topological polar surface area (TPSA) is 82.8 Å². The Balaban J connectivity index is 0.00000392. The third kappa shape index (κ3) is 7.87. The average Bonchev–Trinajstić information content (AvgIpc) is 2.98. The predicted molar refractivity (Wildman–Crippen MR) is 122 cm³/mol. The summed E-state index contributed by atoms with van der Waals surface area (Å²) in [6, 6.07) is 9.96. The molecule has 0 aliphatic heterocycles. The van der Waals surface area contributed by atoms with Crippen molar-refractivity contribution in [2.24, 2.45) is 4.99 Å². The van der Waals surface area contributed by atoms with Crippen LogP contribution < -0.4 is 10.6 Å². The lowest BCUT2D eigenvalue weighted by molar-refractivity contribution is -0.130. The molecule has 2 N–H and O–H groups in total. The van der Waals surface area contributed by atoms with Crippen LogP contribution in [-0.4, -0.2) is 41.9 Å². The Labute approximate surface area is 184 Å². The van der Waals surface area contributed by atoms with E-state index in [9.17, 15) is 4.79 Å². The number of aromatic nitrogens is 1. The van der Waals surface area contributed by atoms with Crippen molar-refractivity contribution < 1.29 is 9.21 Å². The lowest BCUT2D eigenvalue weighted by Crippen LogP contribution is -2.39. The van der Waals surface area contributed by atoms with Crippen LogP contribution in [0.15, 0.2) is 39.7 Å². The van der Waals surface area contributed by atoms with Gasteiger partial charge in [0.05, 0.1) is 5.69 Å². The highest BCUT2D eigenvalue weighted by Crippen LogP contribution is 2.09. The summed E-state index contributed by atoms with van der Waals surface area (Å²) in [5, 5.41) is 6.35. The molecule has 8 heteroatoms. The molecule has 0 aliphatic rings. The Hall–Kier alpha value is -2.10. The molecule has 28 heavy (non-hydrogen) atoms. The second kappa shape index (κ2) is 12.4. The zero-order valence-electron chi connectivity index (χ0n) is 17.0. The molecule has 2 rings (SSSR count). The number of rotatable bonds is 8. The second-order valence-electron chi connectivity index (χ2n) is 6.36. The van der Waals surface area contributed by atoms with E-state index in [0.29, 0.717) is 37.9 Å². The van der Waals surface area contributed by atoms with Crippen molar-refractivity contribution in [3.63, 3.8) is 0 Å². The minimum absolute atomic E-state index is 0. The number of hydrogen-bond donors (Lipinski definition) is 2. The van der Waals surface area contributed by atoms with Crippen molar-refractivity contribution in [2.75, 3.05) is 20.1 Å². The van der Waals surface area contributed by atoms with E-state index in [-0.39, 0.29) is 29.9 Å². The third-order valence-corrected chi connectivity index (χ3v) is 4.11. The molecule has 0 fully saturated rings. The van der Waals surface area contributed by atoms with Gasteiger partial charge in [-0.1, -0.05) is 30.3 Å². The summed E-state index contributed by atoms with van der Waals surface area (Å²) in [5.41, 5.74) is 2.00. The van der Waals surface area contributed by atoms with Gasteiger partial charge in [-0.3, -0.25) is 4.79 Å². The van der Waals surface area contributed by atoms with Crippen LogP contribution >= 0.6 is 24.0 Å². The maximum absolute atomic E-state index is 12.3. The number of carbonyl (C=O) groups excluding carboxylic acids is 1. The Morgan fingerprint density at radius 2 is 1.93 bits per heavy atom. The van der Waals surface area contributed by atoms with Crippen molar-refractivity contribution in [1.29, 1.82) is 0 Å². The molecule has 2 aromatic rings. The largest absolute Gasteiger partial charge is 0.444 e. The van der Waals surface area contributed by atoms with E-state index in [4.69, 9.17) is 4.42 Å². The summed E-state index contributed by atoms with van der Waals surface area (Å²) < 4.78 is 5.54. The van der Waals surface area contributed by atoms with E-state index >= 15 is 0 Å². The Morgan fingerprint density at radius 3 is 2.54 bits per heavy atom. The van der Waals surface area contributed by atoms with Gasteiger partial charge in [0.2, 0.25) is 11.8 Å². The van der Waals surface area contributed by atoms with E-state index in [1.54, 1.807) is 4.90 Å². The maximum Gasteiger partial charge on any atom is 0.224 e. The van der Waals surface area contributed by atoms with Crippen LogP contribution in [0.5, 0.6) is 0 Å². The van der Waals surface area contributed by atoms with Crippen molar-refractivity contribution in [1.82, 2.24) is 20.5 Å². The molecule has 1 heterocycles. The number of oxazole rings is 1. The van der Waals surface area contributed by atoms with E-state index < -0.39 is 0 Å². The Bertz CT molecular complexity index is 742. The number of benzene rings is 1. The molecule has 0 unspecified atom stereocenters. The number of nitrogens with zero attached hydrogens (tertiary/aromatic N) is 3. The lowest BCUT2D eigenvalue weighted by atomic mass is 10.2. The SMILES string of the molecule is CCNC(=NCc1nc(C)c(C)o1)NCCC(=O)N(C)Cc1ccccc1.I. The summed E-state index contributed by atoms with van der Waals surface area (Å²) >= 11 is 0. The molecule has 0 saturated heterocycles. The zero-order chi connectivity index (χ0) is 19.6. The molecule has 154 valence electrons. The quantitative estimate of drug-likeness (QED) is 0.332. The number of carbonyl (C=O) groups is 1. The van der Waals surface area contributed by atoms with E-state index in [1.165, 1.54) is 0 Å². The van der Waals surface area contributed by atoms with Gasteiger partial charge < -0.3 is 20.0 Å². The van der Waals surface area contributed by atoms with Gasteiger partial charge in [0.25, 0.3) is 0 Å². The van der Waals surface area contributed by atoms with Crippen LogP contribution in [0, 0.1) is 13.8 Å². The fourth-order valence-corrected chi connectivity index (χ4v) is 2.52. The first-order valence-electron chi connectivity index (χ1n) is 9.22. The average molecular weight is 499 g/mol. The highest BCUT2D eigenvalue weighted by Gasteiger charge is 2.10. The highest BCUT2D eigenvalue weighted by molar-refractivity contribution is 14.0. The van der Waals surface area contributed by atoms with Gasteiger partial charge in [0, 0.05) is 33.1 Å². The highest BCUT2D eigenvalue weighted by atomic mass is 127. The number of halogens is 1. The van der Waals surface area contributed by atoms with Gasteiger partial charge in [-0.2, -0.15) is 0 Å². The van der Waals surface area contributed by atoms with Gasteiger partial charge in [-0.15, -0.1) is 24.0 Å². The van der Waals surface area contributed by atoms with Crippen LogP contribution in [0.1, 0.15) is 36.3 Å². The van der Waals surface area contributed by atoms with E-state index in [1.807, 2.05) is 58.2 Å². The van der Waals surface area contributed by atoms with Crippen LogP contribution in [-0.2, 0) is 17.9 Å². The van der Waals surface area contributed by atoms with Crippen LogP contribution in [0.2, 0.25) is 0 Å². The van der Waals surface area contributed by atoms with Gasteiger partial charge in [0.1, 0.15) is 12.3 Å². The van der Waals surface area contributed by atoms with Crippen molar-refractivity contribution >= 4 is 35.8 Å². The van der Waals surface area contributed by atoms with Crippen molar-refractivity contribution in [2.45, 2.75) is 40.3 Å². The molecule has 0 aliphatic carbocycles. The zero-order valence-corrected chi connectivity index (χ0v) is 19.3. The van der Waals surface area contributed by atoms with E-state index in [0.717, 1.165) is 23.6 Å².